The van der Waals surface area contributed by atoms with E-state index < -0.39 is 8.07 Å². The van der Waals surface area contributed by atoms with Gasteiger partial charge < -0.3 is 4.42 Å². The van der Waals surface area contributed by atoms with Gasteiger partial charge >= 0.3 is 0 Å². The topological polar surface area (TPSA) is 43.9 Å². The lowest BCUT2D eigenvalue weighted by molar-refractivity contribution is 0.673. The molecular formula is C46H31N3OSi. The molecule has 0 saturated carbocycles. The minimum atomic E-state index is -2.89. The Morgan fingerprint density at radius 2 is 1.14 bits per heavy atom. The smallest absolute Gasteiger partial charge is 0.179 e. The van der Waals surface area contributed by atoms with Crippen molar-refractivity contribution in [3.8, 4) is 16.9 Å². The van der Waals surface area contributed by atoms with Crippen molar-refractivity contribution in [2.75, 3.05) is 0 Å². The van der Waals surface area contributed by atoms with Crippen LogP contribution in [-0.2, 0) is 0 Å². The fourth-order valence-corrected chi connectivity index (χ4v) is 12.9. The SMILES string of the molecule is c1ccc([Si](c2ccccc2)(c2cccc(-c3ccccn3)c2)c2cccc(-n3c4ccc5c6ccccc6oc5c4c4cccnc43)c2)cc1. The van der Waals surface area contributed by atoms with E-state index in [9.17, 15) is 0 Å². The van der Waals surface area contributed by atoms with Crippen LogP contribution in [0.2, 0.25) is 0 Å². The Hall–Kier alpha value is -6.56. The van der Waals surface area contributed by atoms with E-state index in [2.05, 4.69) is 156 Å². The van der Waals surface area contributed by atoms with Gasteiger partial charge in [-0.25, -0.2) is 4.98 Å². The highest BCUT2D eigenvalue weighted by Crippen LogP contribution is 2.39. The Morgan fingerprint density at radius 1 is 0.471 bits per heavy atom. The van der Waals surface area contributed by atoms with Crippen LogP contribution < -0.4 is 20.7 Å². The number of furan rings is 1. The summed E-state index contributed by atoms with van der Waals surface area (Å²) in [5.41, 5.74) is 6.88. The van der Waals surface area contributed by atoms with Crippen molar-refractivity contribution in [3.63, 3.8) is 0 Å². The normalized spacial score (nSPS) is 11.9. The molecule has 6 aromatic carbocycles. The van der Waals surface area contributed by atoms with Gasteiger partial charge in [0.2, 0.25) is 0 Å². The van der Waals surface area contributed by atoms with Crippen LogP contribution in [0.15, 0.2) is 193 Å². The summed E-state index contributed by atoms with van der Waals surface area (Å²) in [5, 5.41) is 9.59. The third-order valence-electron chi connectivity index (χ3n) is 10.2. The summed E-state index contributed by atoms with van der Waals surface area (Å²) >= 11 is 0. The zero-order chi connectivity index (χ0) is 33.8. The van der Waals surface area contributed by atoms with Gasteiger partial charge in [-0.05, 0) is 75.3 Å². The lowest BCUT2D eigenvalue weighted by Gasteiger charge is -2.35. The number of nitrogens with zero attached hydrogens (tertiary/aromatic N) is 3. The first-order valence-electron chi connectivity index (χ1n) is 17.2. The fraction of sp³-hybridized carbons (Fsp3) is 0. The van der Waals surface area contributed by atoms with Crippen LogP contribution in [-0.4, -0.2) is 22.6 Å². The number of para-hydroxylation sites is 1. The van der Waals surface area contributed by atoms with Crippen molar-refractivity contribution in [2.45, 2.75) is 0 Å². The second-order valence-corrected chi connectivity index (χ2v) is 16.8. The number of hydrogen-bond donors (Lipinski definition) is 0. The van der Waals surface area contributed by atoms with Gasteiger partial charge in [-0.1, -0.05) is 121 Å². The van der Waals surface area contributed by atoms with Crippen molar-refractivity contribution in [1.29, 1.82) is 0 Å². The van der Waals surface area contributed by atoms with Crippen molar-refractivity contribution in [2.24, 2.45) is 0 Å². The van der Waals surface area contributed by atoms with E-state index in [0.29, 0.717) is 0 Å². The number of aromatic nitrogens is 3. The van der Waals surface area contributed by atoms with E-state index in [1.54, 1.807) is 0 Å². The lowest BCUT2D eigenvalue weighted by atomic mass is 10.1. The number of benzene rings is 6. The Bertz CT molecular complexity index is 2820. The minimum Gasteiger partial charge on any atom is -0.455 e. The quantitative estimate of drug-likeness (QED) is 0.132. The standard InChI is InChI=1S/C46H31N3OSi/c1-3-16-34(17-4-1)51(35-18-5-2-6-19-35,36-20-11-14-32(30-36)41-24-9-10-28-47-41)37-21-12-15-33(31-37)49-42-27-26-39-38-22-7-8-25-43(38)50-45(39)44(42)40-23-13-29-48-46(40)49/h1-31H. The first-order valence-corrected chi connectivity index (χ1v) is 19.2. The molecule has 0 atom stereocenters. The average Bonchev–Trinajstić information content (AvgIpc) is 3.76. The molecule has 4 aromatic heterocycles. The molecule has 10 rings (SSSR count). The Kier molecular flexibility index (Phi) is 6.79. The zero-order valence-electron chi connectivity index (χ0n) is 27.6. The maximum atomic E-state index is 6.58. The molecule has 240 valence electrons. The molecule has 0 N–H and O–H groups in total. The second-order valence-electron chi connectivity index (χ2n) is 13.0. The van der Waals surface area contributed by atoms with Gasteiger partial charge in [-0.3, -0.25) is 9.55 Å². The van der Waals surface area contributed by atoms with E-state index in [1.165, 1.54) is 20.7 Å². The predicted molar refractivity (Wildman–Crippen MR) is 213 cm³/mol. The van der Waals surface area contributed by atoms with Gasteiger partial charge in [0, 0.05) is 39.8 Å². The summed E-state index contributed by atoms with van der Waals surface area (Å²) in [5.74, 6) is 0. The summed E-state index contributed by atoms with van der Waals surface area (Å²) < 4.78 is 8.89. The van der Waals surface area contributed by atoms with Crippen LogP contribution in [0.1, 0.15) is 0 Å². The van der Waals surface area contributed by atoms with E-state index >= 15 is 0 Å². The summed E-state index contributed by atoms with van der Waals surface area (Å²) in [4.78, 5) is 9.72. The van der Waals surface area contributed by atoms with Crippen molar-refractivity contribution < 1.29 is 4.42 Å². The molecule has 0 amide bonds. The monoisotopic (exact) mass is 669 g/mol. The molecule has 51 heavy (non-hydrogen) atoms. The molecule has 0 bridgehead atoms. The van der Waals surface area contributed by atoms with Crippen LogP contribution in [0.25, 0.3) is 60.8 Å². The third kappa shape index (κ3) is 4.52. The van der Waals surface area contributed by atoms with Crippen molar-refractivity contribution in [3.05, 3.63) is 188 Å². The molecule has 0 aliphatic heterocycles. The summed E-state index contributed by atoms with van der Waals surface area (Å²) in [6.45, 7) is 0. The molecule has 0 aliphatic carbocycles. The number of pyridine rings is 2. The minimum absolute atomic E-state index is 0.890. The lowest BCUT2D eigenvalue weighted by Crippen LogP contribution is -2.74. The number of rotatable bonds is 6. The molecular weight excluding hydrogens is 639 g/mol. The summed E-state index contributed by atoms with van der Waals surface area (Å²) in [7, 11) is -2.89. The molecule has 0 spiro atoms. The number of fused-ring (bicyclic) bond motifs is 7. The molecule has 0 saturated heterocycles. The maximum Gasteiger partial charge on any atom is 0.179 e. The van der Waals surface area contributed by atoms with E-state index in [1.807, 2.05) is 36.7 Å². The average molecular weight is 670 g/mol. The van der Waals surface area contributed by atoms with Gasteiger partial charge in [-0.15, -0.1) is 0 Å². The predicted octanol–water partition coefficient (Wildman–Crippen LogP) is 8.52. The number of hydrogen-bond acceptors (Lipinski definition) is 3. The van der Waals surface area contributed by atoms with Gasteiger partial charge in [-0.2, -0.15) is 0 Å². The molecule has 10 aromatic rings. The molecule has 0 aliphatic rings. The molecule has 0 radical (unpaired) electrons. The van der Waals surface area contributed by atoms with E-state index in [-0.39, 0.29) is 0 Å². The van der Waals surface area contributed by atoms with Crippen LogP contribution >= 0.6 is 0 Å². The van der Waals surface area contributed by atoms with Crippen molar-refractivity contribution >= 4 is 72.7 Å². The first-order chi connectivity index (χ1) is 25.3. The molecule has 0 unspecified atom stereocenters. The Morgan fingerprint density at radius 3 is 1.92 bits per heavy atom. The molecule has 0 fully saturated rings. The molecule has 5 heteroatoms. The van der Waals surface area contributed by atoms with Crippen LogP contribution in [0.3, 0.4) is 0 Å². The highest BCUT2D eigenvalue weighted by Gasteiger charge is 2.42. The fourth-order valence-electron chi connectivity index (χ4n) is 8.07. The van der Waals surface area contributed by atoms with E-state index in [4.69, 9.17) is 14.4 Å². The van der Waals surface area contributed by atoms with Crippen LogP contribution in [0.5, 0.6) is 0 Å². The maximum absolute atomic E-state index is 6.58. The highest BCUT2D eigenvalue weighted by atomic mass is 28.3. The third-order valence-corrected chi connectivity index (χ3v) is 15.0. The Labute approximate surface area is 295 Å². The highest BCUT2D eigenvalue weighted by molar-refractivity contribution is 7.20. The largest absolute Gasteiger partial charge is 0.455 e. The molecule has 4 nitrogen and oxygen atoms in total. The van der Waals surface area contributed by atoms with Gasteiger partial charge in [0.05, 0.1) is 16.6 Å². The molecule has 4 heterocycles. The van der Waals surface area contributed by atoms with Crippen molar-refractivity contribution in [1.82, 2.24) is 14.5 Å². The summed E-state index contributed by atoms with van der Waals surface area (Å²) in [6, 6.07) is 63.2. The first kappa shape index (κ1) is 29.4. The zero-order valence-corrected chi connectivity index (χ0v) is 28.6. The van der Waals surface area contributed by atoms with Gasteiger partial charge in [0.15, 0.2) is 8.07 Å². The van der Waals surface area contributed by atoms with Crippen LogP contribution in [0, 0.1) is 0 Å². The van der Waals surface area contributed by atoms with Crippen LogP contribution in [0.4, 0.5) is 0 Å². The second kappa shape index (κ2) is 11.8. The Balaban J connectivity index is 1.28. The van der Waals surface area contributed by atoms with Gasteiger partial charge in [0.25, 0.3) is 0 Å². The summed E-state index contributed by atoms with van der Waals surface area (Å²) in [6.07, 6.45) is 3.75. The van der Waals surface area contributed by atoms with E-state index in [0.717, 1.165) is 60.8 Å². The van der Waals surface area contributed by atoms with Gasteiger partial charge in [0.1, 0.15) is 16.8 Å².